The van der Waals surface area contributed by atoms with Gasteiger partial charge in [0.25, 0.3) is 0 Å². The van der Waals surface area contributed by atoms with Gasteiger partial charge in [0.15, 0.2) is 0 Å². The number of aromatic nitrogens is 1. The summed E-state index contributed by atoms with van der Waals surface area (Å²) in [7, 11) is 0. The number of nitrogens with zero attached hydrogens (tertiary/aromatic N) is 2. The van der Waals surface area contributed by atoms with E-state index in [1.54, 1.807) is 17.5 Å². The second-order valence-electron chi connectivity index (χ2n) is 4.73. The monoisotopic (exact) mass is 278 g/mol. The van der Waals surface area contributed by atoms with Crippen molar-refractivity contribution in [2.24, 2.45) is 0 Å². The maximum Gasteiger partial charge on any atom is 0.0558 e. The van der Waals surface area contributed by atoms with Gasteiger partial charge in [-0.1, -0.05) is 11.6 Å². The van der Waals surface area contributed by atoms with Gasteiger partial charge in [-0.2, -0.15) is 11.3 Å². The summed E-state index contributed by atoms with van der Waals surface area (Å²) in [6.45, 7) is 1.91. The van der Waals surface area contributed by atoms with Gasteiger partial charge in [-0.3, -0.25) is 9.88 Å². The topological polar surface area (TPSA) is 16.1 Å². The Labute approximate surface area is 116 Å². The Bertz CT molecular complexity index is 508. The molecule has 1 saturated carbocycles. The molecule has 2 aromatic heterocycles. The number of thiophene rings is 1. The zero-order chi connectivity index (χ0) is 12.4. The number of hydrogen-bond acceptors (Lipinski definition) is 3. The molecular weight excluding hydrogens is 264 g/mol. The highest BCUT2D eigenvalue weighted by Crippen LogP contribution is 2.30. The predicted molar refractivity (Wildman–Crippen MR) is 75.8 cm³/mol. The Hall–Kier alpha value is -0.900. The SMILES string of the molecule is Clc1ccnc(CN(Cc2ccsc2)C2CC2)c1. The highest BCUT2D eigenvalue weighted by Gasteiger charge is 2.29. The van der Waals surface area contributed by atoms with Gasteiger partial charge in [-0.25, -0.2) is 0 Å². The highest BCUT2D eigenvalue weighted by molar-refractivity contribution is 7.07. The summed E-state index contributed by atoms with van der Waals surface area (Å²) >= 11 is 7.77. The van der Waals surface area contributed by atoms with Gasteiger partial charge in [0.2, 0.25) is 0 Å². The summed E-state index contributed by atoms with van der Waals surface area (Å²) in [5.74, 6) is 0. The van der Waals surface area contributed by atoms with E-state index in [9.17, 15) is 0 Å². The Morgan fingerprint density at radius 2 is 2.22 bits per heavy atom. The van der Waals surface area contributed by atoms with Crippen LogP contribution in [0.1, 0.15) is 24.1 Å². The molecule has 0 unspecified atom stereocenters. The van der Waals surface area contributed by atoms with Crippen molar-refractivity contribution in [2.45, 2.75) is 32.0 Å². The average molecular weight is 279 g/mol. The number of rotatable bonds is 5. The van der Waals surface area contributed by atoms with E-state index in [1.165, 1.54) is 18.4 Å². The second-order valence-corrected chi connectivity index (χ2v) is 5.95. The van der Waals surface area contributed by atoms with Crippen LogP contribution in [0.2, 0.25) is 5.02 Å². The van der Waals surface area contributed by atoms with Gasteiger partial charge >= 0.3 is 0 Å². The van der Waals surface area contributed by atoms with Crippen molar-refractivity contribution in [1.29, 1.82) is 0 Å². The molecule has 0 spiro atoms. The lowest BCUT2D eigenvalue weighted by Crippen LogP contribution is -2.25. The summed E-state index contributed by atoms with van der Waals surface area (Å²) in [4.78, 5) is 6.90. The van der Waals surface area contributed by atoms with E-state index in [1.807, 2.05) is 12.1 Å². The van der Waals surface area contributed by atoms with Crippen LogP contribution < -0.4 is 0 Å². The molecule has 1 aliphatic rings. The number of pyridine rings is 1. The standard InChI is InChI=1S/C14H15ClN2S/c15-12-3-5-16-13(7-12)9-17(14-1-2-14)8-11-4-6-18-10-11/h3-7,10,14H,1-2,8-9H2. The zero-order valence-corrected chi connectivity index (χ0v) is 11.6. The van der Waals surface area contributed by atoms with Crippen molar-refractivity contribution in [2.75, 3.05) is 0 Å². The molecule has 1 aliphatic carbocycles. The van der Waals surface area contributed by atoms with E-state index in [2.05, 4.69) is 26.7 Å². The maximum absolute atomic E-state index is 6.01. The van der Waals surface area contributed by atoms with E-state index >= 15 is 0 Å². The van der Waals surface area contributed by atoms with Gasteiger partial charge in [0.1, 0.15) is 0 Å². The minimum atomic E-state index is 0.727. The summed E-state index contributed by atoms with van der Waals surface area (Å²) in [6.07, 6.45) is 4.41. The Kier molecular flexibility index (Phi) is 3.64. The molecule has 94 valence electrons. The zero-order valence-electron chi connectivity index (χ0n) is 10.1. The van der Waals surface area contributed by atoms with Gasteiger partial charge in [0.05, 0.1) is 5.69 Å². The molecule has 2 aromatic rings. The molecule has 0 aromatic carbocycles. The van der Waals surface area contributed by atoms with Gasteiger partial charge < -0.3 is 0 Å². The van der Waals surface area contributed by atoms with Crippen molar-refractivity contribution < 1.29 is 0 Å². The van der Waals surface area contributed by atoms with Crippen LogP contribution in [0.4, 0.5) is 0 Å². The van der Waals surface area contributed by atoms with Crippen molar-refractivity contribution >= 4 is 22.9 Å². The van der Waals surface area contributed by atoms with Crippen molar-refractivity contribution in [1.82, 2.24) is 9.88 Å². The molecule has 1 fully saturated rings. The van der Waals surface area contributed by atoms with Crippen LogP contribution in [-0.4, -0.2) is 15.9 Å². The van der Waals surface area contributed by atoms with Crippen LogP contribution in [0.3, 0.4) is 0 Å². The molecule has 0 saturated heterocycles. The Morgan fingerprint density at radius 1 is 1.33 bits per heavy atom. The first-order chi connectivity index (χ1) is 8.81. The van der Waals surface area contributed by atoms with E-state index in [0.717, 1.165) is 29.8 Å². The normalized spacial score (nSPS) is 15.2. The van der Waals surface area contributed by atoms with Crippen LogP contribution in [0.15, 0.2) is 35.2 Å². The van der Waals surface area contributed by atoms with Gasteiger partial charge in [0, 0.05) is 30.4 Å². The molecule has 4 heteroatoms. The number of halogens is 1. The summed E-state index contributed by atoms with van der Waals surface area (Å²) in [5.41, 5.74) is 2.46. The second kappa shape index (κ2) is 5.39. The predicted octanol–water partition coefficient (Wildman–Crippen LogP) is 3.96. The molecule has 0 N–H and O–H groups in total. The van der Waals surface area contributed by atoms with E-state index in [4.69, 9.17) is 11.6 Å². The van der Waals surface area contributed by atoms with Crippen LogP contribution >= 0.6 is 22.9 Å². The molecule has 0 atom stereocenters. The molecule has 0 amide bonds. The lowest BCUT2D eigenvalue weighted by Gasteiger charge is -2.21. The first kappa shape index (κ1) is 12.2. The molecule has 3 rings (SSSR count). The number of hydrogen-bond donors (Lipinski definition) is 0. The third-order valence-electron chi connectivity index (χ3n) is 3.17. The fraction of sp³-hybridized carbons (Fsp3) is 0.357. The smallest absolute Gasteiger partial charge is 0.0558 e. The molecule has 0 radical (unpaired) electrons. The summed E-state index contributed by atoms with van der Waals surface area (Å²) in [6, 6.07) is 6.71. The van der Waals surface area contributed by atoms with Crippen LogP contribution in [0.25, 0.3) is 0 Å². The molecule has 0 aliphatic heterocycles. The molecular formula is C14H15ClN2S. The quantitative estimate of drug-likeness (QED) is 0.823. The van der Waals surface area contributed by atoms with E-state index in [-0.39, 0.29) is 0 Å². The first-order valence-corrected chi connectivity index (χ1v) is 7.49. The largest absolute Gasteiger partial charge is 0.290 e. The minimum absolute atomic E-state index is 0.727. The molecule has 18 heavy (non-hydrogen) atoms. The van der Waals surface area contributed by atoms with Crippen molar-refractivity contribution in [3.8, 4) is 0 Å². The third kappa shape index (κ3) is 3.10. The van der Waals surface area contributed by atoms with Gasteiger partial charge in [-0.15, -0.1) is 0 Å². The Morgan fingerprint density at radius 3 is 2.89 bits per heavy atom. The van der Waals surface area contributed by atoms with Crippen molar-refractivity contribution in [3.63, 3.8) is 0 Å². The van der Waals surface area contributed by atoms with Gasteiger partial charge in [-0.05, 0) is 47.4 Å². The lowest BCUT2D eigenvalue weighted by molar-refractivity contribution is 0.243. The molecule has 2 heterocycles. The fourth-order valence-corrected chi connectivity index (χ4v) is 2.96. The van der Waals surface area contributed by atoms with E-state index in [0.29, 0.717) is 0 Å². The minimum Gasteiger partial charge on any atom is -0.290 e. The Balaban J connectivity index is 1.70. The first-order valence-electron chi connectivity index (χ1n) is 6.17. The van der Waals surface area contributed by atoms with Crippen molar-refractivity contribution in [3.05, 3.63) is 51.4 Å². The van der Waals surface area contributed by atoms with Crippen LogP contribution in [0.5, 0.6) is 0 Å². The summed E-state index contributed by atoms with van der Waals surface area (Å²) in [5, 5.41) is 5.13. The average Bonchev–Trinajstić information content (AvgIpc) is 3.08. The highest BCUT2D eigenvalue weighted by atomic mass is 35.5. The lowest BCUT2D eigenvalue weighted by atomic mass is 10.2. The van der Waals surface area contributed by atoms with E-state index < -0.39 is 0 Å². The molecule has 0 bridgehead atoms. The van der Waals surface area contributed by atoms with Crippen LogP contribution in [-0.2, 0) is 13.1 Å². The summed E-state index contributed by atoms with van der Waals surface area (Å²) < 4.78 is 0. The van der Waals surface area contributed by atoms with Crippen LogP contribution in [0, 0.1) is 0 Å². The maximum atomic E-state index is 6.01. The fourth-order valence-electron chi connectivity index (χ4n) is 2.11. The molecule has 2 nitrogen and oxygen atoms in total. The third-order valence-corrected chi connectivity index (χ3v) is 4.14.